The molecule has 5 heteroatoms. The van der Waals surface area contributed by atoms with Crippen LogP contribution >= 0.6 is 11.8 Å². The summed E-state index contributed by atoms with van der Waals surface area (Å²) in [6.07, 6.45) is 0.803. The van der Waals surface area contributed by atoms with Crippen LogP contribution in [0.2, 0.25) is 0 Å². The van der Waals surface area contributed by atoms with Crippen molar-refractivity contribution in [2.75, 3.05) is 14.2 Å². The Balaban J connectivity index is 1.98. The highest BCUT2D eigenvalue weighted by Gasteiger charge is 2.19. The maximum absolute atomic E-state index is 12.6. The number of methoxy groups -OCH3 is 2. The summed E-state index contributed by atoms with van der Waals surface area (Å²) in [5, 5.41) is 3.03. The molecule has 140 valence electrons. The Morgan fingerprint density at radius 1 is 1.08 bits per heavy atom. The molecule has 2 aromatic rings. The van der Waals surface area contributed by atoms with Gasteiger partial charge in [0.25, 0.3) is 0 Å². The van der Waals surface area contributed by atoms with Gasteiger partial charge in [0, 0.05) is 5.75 Å². The summed E-state index contributed by atoms with van der Waals surface area (Å²) in [5.74, 6) is 2.23. The molecule has 0 aliphatic heterocycles. The van der Waals surface area contributed by atoms with Crippen molar-refractivity contribution in [2.24, 2.45) is 0 Å². The minimum Gasteiger partial charge on any atom is -0.493 e. The molecule has 26 heavy (non-hydrogen) atoms. The van der Waals surface area contributed by atoms with Gasteiger partial charge in [-0.25, -0.2) is 0 Å². The summed E-state index contributed by atoms with van der Waals surface area (Å²) < 4.78 is 10.7. The number of carbonyl (C=O) groups excluding carboxylic acids is 1. The van der Waals surface area contributed by atoms with Crippen LogP contribution in [0.1, 0.15) is 37.4 Å². The van der Waals surface area contributed by atoms with Gasteiger partial charge >= 0.3 is 0 Å². The van der Waals surface area contributed by atoms with E-state index in [4.69, 9.17) is 9.47 Å². The first-order chi connectivity index (χ1) is 12.6. The lowest BCUT2D eigenvalue weighted by Crippen LogP contribution is -2.34. The van der Waals surface area contributed by atoms with E-state index in [0.29, 0.717) is 11.5 Å². The number of amides is 1. The van der Waals surface area contributed by atoms with Gasteiger partial charge in [0.15, 0.2) is 11.5 Å². The third-order valence-electron chi connectivity index (χ3n) is 4.25. The van der Waals surface area contributed by atoms with Crippen LogP contribution in [0.15, 0.2) is 48.5 Å². The minimum atomic E-state index is -0.121. The molecule has 0 unspecified atom stereocenters. The molecular weight excluding hydrogens is 346 g/mol. The van der Waals surface area contributed by atoms with Gasteiger partial charge in [-0.1, -0.05) is 43.3 Å². The summed E-state index contributed by atoms with van der Waals surface area (Å²) in [7, 11) is 3.23. The van der Waals surface area contributed by atoms with Crippen LogP contribution in [0.3, 0.4) is 0 Å². The van der Waals surface area contributed by atoms with E-state index in [-0.39, 0.29) is 17.2 Å². The molecule has 2 aromatic carbocycles. The molecule has 1 amide bonds. The highest BCUT2D eigenvalue weighted by molar-refractivity contribution is 7.99. The minimum absolute atomic E-state index is 0.0487. The smallest absolute Gasteiger partial charge is 0.233 e. The topological polar surface area (TPSA) is 47.6 Å². The number of carbonyl (C=O) groups is 1. The Bertz CT molecular complexity index is 706. The third kappa shape index (κ3) is 5.43. The van der Waals surface area contributed by atoms with E-state index in [1.165, 1.54) is 5.56 Å². The molecule has 0 aliphatic rings. The van der Waals surface area contributed by atoms with Crippen molar-refractivity contribution < 1.29 is 14.3 Å². The molecular formula is C21H27NO3S. The van der Waals surface area contributed by atoms with Crippen LogP contribution in [0, 0.1) is 0 Å². The van der Waals surface area contributed by atoms with Crippen molar-refractivity contribution in [3.63, 3.8) is 0 Å². The number of ether oxygens (including phenoxy) is 2. The maximum atomic E-state index is 12.6. The lowest BCUT2D eigenvalue weighted by molar-refractivity contribution is -0.121. The highest BCUT2D eigenvalue weighted by atomic mass is 32.2. The Hall–Kier alpha value is -2.14. The van der Waals surface area contributed by atoms with Crippen molar-refractivity contribution in [1.82, 2.24) is 5.32 Å². The number of thioether (sulfide) groups is 1. The van der Waals surface area contributed by atoms with Gasteiger partial charge in [0.2, 0.25) is 5.91 Å². The normalized spacial score (nSPS) is 12.9. The zero-order valence-corrected chi connectivity index (χ0v) is 16.6. The summed E-state index contributed by atoms with van der Waals surface area (Å²) >= 11 is 1.64. The second-order valence-electron chi connectivity index (χ2n) is 6.02. The van der Waals surface area contributed by atoms with E-state index in [0.717, 1.165) is 17.7 Å². The molecule has 0 aromatic heterocycles. The van der Waals surface area contributed by atoms with E-state index in [1.807, 2.05) is 43.3 Å². The van der Waals surface area contributed by atoms with Gasteiger partial charge in [0.05, 0.1) is 25.5 Å². The average molecular weight is 374 g/mol. The number of hydrogen-bond donors (Lipinski definition) is 1. The lowest BCUT2D eigenvalue weighted by Gasteiger charge is -2.21. The van der Waals surface area contributed by atoms with Crippen molar-refractivity contribution in [1.29, 1.82) is 0 Å². The van der Waals surface area contributed by atoms with Crippen LogP contribution in [-0.2, 0) is 10.5 Å². The lowest BCUT2D eigenvalue weighted by atomic mass is 10.0. The number of rotatable bonds is 9. The van der Waals surface area contributed by atoms with Gasteiger partial charge < -0.3 is 14.8 Å². The van der Waals surface area contributed by atoms with Crippen molar-refractivity contribution >= 4 is 17.7 Å². The van der Waals surface area contributed by atoms with E-state index < -0.39 is 0 Å². The monoisotopic (exact) mass is 373 g/mol. The first-order valence-electron chi connectivity index (χ1n) is 8.76. The number of benzene rings is 2. The van der Waals surface area contributed by atoms with Crippen molar-refractivity contribution in [3.05, 3.63) is 59.7 Å². The van der Waals surface area contributed by atoms with Crippen LogP contribution in [-0.4, -0.2) is 25.4 Å². The second kappa shape index (κ2) is 10.1. The fraction of sp³-hybridized carbons (Fsp3) is 0.381. The van der Waals surface area contributed by atoms with Crippen LogP contribution in [0.4, 0.5) is 0 Å². The maximum Gasteiger partial charge on any atom is 0.233 e. The molecule has 0 heterocycles. The summed E-state index contributed by atoms with van der Waals surface area (Å²) in [6, 6.07) is 15.9. The quantitative estimate of drug-likeness (QED) is 0.698. The zero-order chi connectivity index (χ0) is 18.9. The highest BCUT2D eigenvalue weighted by Crippen LogP contribution is 2.31. The summed E-state index contributed by atoms with van der Waals surface area (Å²) in [5.41, 5.74) is 2.24. The largest absolute Gasteiger partial charge is 0.493 e. The Labute approximate surface area is 160 Å². The Kier molecular flexibility index (Phi) is 7.85. The number of hydrogen-bond acceptors (Lipinski definition) is 4. The SMILES string of the molecule is CC[C@@H](NC(=O)[C@H](C)SCc1ccccc1)c1ccc(OC)c(OC)c1. The number of nitrogens with one attached hydrogen (secondary N) is 1. The summed E-state index contributed by atoms with van der Waals surface area (Å²) in [4.78, 5) is 12.6. The fourth-order valence-electron chi connectivity index (χ4n) is 2.65. The molecule has 0 fully saturated rings. The second-order valence-corrected chi connectivity index (χ2v) is 7.35. The average Bonchev–Trinajstić information content (AvgIpc) is 2.70. The molecule has 0 saturated carbocycles. The molecule has 2 atom stereocenters. The molecule has 0 bridgehead atoms. The van der Waals surface area contributed by atoms with E-state index in [2.05, 4.69) is 24.4 Å². The van der Waals surface area contributed by atoms with Crippen molar-refractivity contribution in [2.45, 2.75) is 37.3 Å². The molecule has 0 spiro atoms. The van der Waals surface area contributed by atoms with Gasteiger partial charge in [-0.05, 0) is 36.6 Å². The molecule has 2 rings (SSSR count). The molecule has 4 nitrogen and oxygen atoms in total. The van der Waals surface area contributed by atoms with Gasteiger partial charge in [0.1, 0.15) is 0 Å². The Morgan fingerprint density at radius 2 is 1.77 bits per heavy atom. The van der Waals surface area contributed by atoms with E-state index in [1.54, 1.807) is 26.0 Å². The van der Waals surface area contributed by atoms with Gasteiger partial charge in [-0.15, -0.1) is 11.8 Å². The summed E-state index contributed by atoms with van der Waals surface area (Å²) in [6.45, 7) is 4.01. The third-order valence-corrected chi connectivity index (χ3v) is 5.46. The van der Waals surface area contributed by atoms with Crippen LogP contribution in [0.5, 0.6) is 11.5 Å². The molecule has 0 aliphatic carbocycles. The predicted octanol–water partition coefficient (Wildman–Crippen LogP) is 4.59. The first-order valence-corrected chi connectivity index (χ1v) is 9.81. The van der Waals surface area contributed by atoms with Crippen LogP contribution in [0.25, 0.3) is 0 Å². The first kappa shape index (κ1) is 20.2. The predicted molar refractivity (Wildman–Crippen MR) is 108 cm³/mol. The molecule has 1 N–H and O–H groups in total. The van der Waals surface area contributed by atoms with E-state index >= 15 is 0 Å². The van der Waals surface area contributed by atoms with Crippen LogP contribution < -0.4 is 14.8 Å². The van der Waals surface area contributed by atoms with Gasteiger partial charge in [-0.2, -0.15) is 0 Å². The molecule has 0 radical (unpaired) electrons. The fourth-order valence-corrected chi connectivity index (χ4v) is 3.51. The Morgan fingerprint density at radius 3 is 2.38 bits per heavy atom. The standard InChI is InChI=1S/C21H27NO3S/c1-5-18(17-11-12-19(24-3)20(13-17)25-4)22-21(23)15(2)26-14-16-9-7-6-8-10-16/h6-13,15,18H,5,14H2,1-4H3,(H,22,23)/t15-,18+/m0/s1. The van der Waals surface area contributed by atoms with Gasteiger partial charge in [-0.3, -0.25) is 4.79 Å². The van der Waals surface area contributed by atoms with E-state index in [9.17, 15) is 4.79 Å². The van der Waals surface area contributed by atoms with Crippen molar-refractivity contribution in [3.8, 4) is 11.5 Å². The zero-order valence-electron chi connectivity index (χ0n) is 15.8. The molecule has 0 saturated heterocycles.